The van der Waals surface area contributed by atoms with Crippen molar-refractivity contribution in [3.8, 4) is 0 Å². The van der Waals surface area contributed by atoms with Crippen LogP contribution < -0.4 is 5.69 Å². The summed E-state index contributed by atoms with van der Waals surface area (Å²) >= 11 is 5.60. The van der Waals surface area contributed by atoms with E-state index in [9.17, 15) is 4.79 Å². The molecule has 0 fully saturated rings. The van der Waals surface area contributed by atoms with Crippen molar-refractivity contribution in [1.29, 1.82) is 0 Å². The molecule has 1 aromatic rings. The van der Waals surface area contributed by atoms with E-state index in [0.717, 1.165) is 11.3 Å². The lowest BCUT2D eigenvalue weighted by molar-refractivity contribution is 0.661. The Morgan fingerprint density at radius 3 is 3.07 bits per heavy atom. The quantitative estimate of drug-likeness (QED) is 0.454. The summed E-state index contributed by atoms with van der Waals surface area (Å²) in [5.41, 5.74) is 0.864. The molecule has 1 N–H and O–H groups in total. The van der Waals surface area contributed by atoms with Crippen LogP contribution >= 0.6 is 24.4 Å². The molecule has 0 saturated heterocycles. The van der Waals surface area contributed by atoms with Crippen LogP contribution in [0.2, 0.25) is 0 Å². The van der Waals surface area contributed by atoms with Gasteiger partial charge in [-0.2, -0.15) is 12.6 Å². The maximum absolute atomic E-state index is 11.2. The largest absolute Gasteiger partial charge is 0.343 e. The zero-order chi connectivity index (χ0) is 10.6. The topological polar surface area (TPSA) is 50.7 Å². The van der Waals surface area contributed by atoms with Crippen LogP contribution in [0.4, 0.5) is 0 Å². The summed E-state index contributed by atoms with van der Waals surface area (Å²) in [4.78, 5) is 11.2. The van der Waals surface area contributed by atoms with Gasteiger partial charge in [0.15, 0.2) is 5.16 Å². The normalized spacial score (nSPS) is 10.4. The van der Waals surface area contributed by atoms with E-state index < -0.39 is 0 Å². The zero-order valence-electron chi connectivity index (χ0n) is 7.99. The van der Waals surface area contributed by atoms with Crippen LogP contribution in [0.15, 0.2) is 22.1 Å². The summed E-state index contributed by atoms with van der Waals surface area (Å²) in [7, 11) is 0. The average Bonchev–Trinajstić information content (AvgIpc) is 2.55. The molecule has 1 rings (SSSR count). The van der Waals surface area contributed by atoms with Crippen molar-refractivity contribution in [1.82, 2.24) is 14.8 Å². The highest BCUT2D eigenvalue weighted by atomic mass is 32.2. The summed E-state index contributed by atoms with van der Waals surface area (Å²) in [6.45, 7) is 6.37. The van der Waals surface area contributed by atoms with Crippen LogP contribution in [0.3, 0.4) is 0 Å². The summed E-state index contributed by atoms with van der Waals surface area (Å²) in [6.07, 6.45) is 0. The summed E-state index contributed by atoms with van der Waals surface area (Å²) in [5, 5.41) is 7.04. The predicted molar refractivity (Wildman–Crippen MR) is 62.2 cm³/mol. The molecule has 6 heteroatoms. The van der Waals surface area contributed by atoms with Crippen molar-refractivity contribution in [3.05, 3.63) is 22.6 Å². The van der Waals surface area contributed by atoms with Crippen LogP contribution in [-0.4, -0.2) is 26.3 Å². The minimum absolute atomic E-state index is 0.161. The van der Waals surface area contributed by atoms with Crippen molar-refractivity contribution in [3.63, 3.8) is 0 Å². The van der Waals surface area contributed by atoms with Gasteiger partial charge in [-0.25, -0.2) is 9.89 Å². The minimum Gasteiger partial charge on any atom is -0.270 e. The number of H-pyrrole nitrogens is 1. The number of nitrogens with zero attached hydrogens (tertiary/aromatic N) is 2. The molecule has 0 spiro atoms. The number of rotatable bonds is 5. The number of aromatic nitrogens is 3. The van der Waals surface area contributed by atoms with Gasteiger partial charge in [-0.1, -0.05) is 23.9 Å². The van der Waals surface area contributed by atoms with E-state index in [4.69, 9.17) is 0 Å². The second kappa shape index (κ2) is 5.31. The minimum atomic E-state index is -0.161. The van der Waals surface area contributed by atoms with Crippen LogP contribution in [0.1, 0.15) is 6.92 Å². The smallest absolute Gasteiger partial charge is 0.270 e. The third kappa shape index (κ3) is 2.68. The highest BCUT2D eigenvalue weighted by Crippen LogP contribution is 2.16. The predicted octanol–water partition coefficient (Wildman–Crippen LogP) is 1.17. The lowest BCUT2D eigenvalue weighted by Gasteiger charge is -2.02. The Labute approximate surface area is 92.2 Å². The zero-order valence-corrected chi connectivity index (χ0v) is 9.70. The van der Waals surface area contributed by atoms with E-state index in [2.05, 4.69) is 29.4 Å². The van der Waals surface area contributed by atoms with Gasteiger partial charge in [0.1, 0.15) is 0 Å². The van der Waals surface area contributed by atoms with Crippen molar-refractivity contribution in [2.45, 2.75) is 18.6 Å². The van der Waals surface area contributed by atoms with Gasteiger partial charge in [-0.15, -0.1) is 5.10 Å². The number of thioether (sulfide) groups is 1. The van der Waals surface area contributed by atoms with Crippen molar-refractivity contribution in [2.75, 3.05) is 11.5 Å². The van der Waals surface area contributed by atoms with Crippen molar-refractivity contribution < 1.29 is 0 Å². The Bertz CT molecular complexity index is 369. The lowest BCUT2D eigenvalue weighted by atomic mass is 10.4. The SMILES string of the molecule is C=C(CS)CSc1n[nH]c(=O)n1CC. The molecule has 0 saturated carbocycles. The van der Waals surface area contributed by atoms with Crippen LogP contribution in [0.25, 0.3) is 0 Å². The first kappa shape index (κ1) is 11.5. The molecule has 0 aromatic carbocycles. The summed E-state index contributed by atoms with van der Waals surface area (Å²) in [5.74, 6) is 1.40. The third-order valence-corrected chi connectivity index (χ3v) is 3.24. The number of nitrogens with one attached hydrogen (secondary N) is 1. The fraction of sp³-hybridized carbons (Fsp3) is 0.500. The molecule has 0 radical (unpaired) electrons. The van der Waals surface area contributed by atoms with Gasteiger partial charge in [-0.05, 0) is 6.92 Å². The molecule has 1 heterocycles. The molecule has 0 aliphatic rings. The number of aromatic amines is 1. The van der Waals surface area contributed by atoms with E-state index >= 15 is 0 Å². The molecule has 0 aliphatic heterocycles. The third-order valence-electron chi connectivity index (χ3n) is 1.67. The summed E-state index contributed by atoms with van der Waals surface area (Å²) in [6, 6.07) is 0. The Hall–Kier alpha value is -0.620. The molecule has 0 atom stereocenters. The van der Waals surface area contributed by atoms with Gasteiger partial charge in [0.05, 0.1) is 0 Å². The molecule has 0 amide bonds. The number of hydrogen-bond acceptors (Lipinski definition) is 4. The average molecular weight is 231 g/mol. The fourth-order valence-corrected chi connectivity index (χ4v) is 2.08. The highest BCUT2D eigenvalue weighted by molar-refractivity contribution is 7.99. The Kier molecular flexibility index (Phi) is 4.34. The van der Waals surface area contributed by atoms with Crippen molar-refractivity contribution >= 4 is 24.4 Å². The van der Waals surface area contributed by atoms with E-state index in [1.807, 2.05) is 6.92 Å². The molecule has 14 heavy (non-hydrogen) atoms. The molecular formula is C8H13N3OS2. The number of thiol groups is 1. The van der Waals surface area contributed by atoms with E-state index in [-0.39, 0.29) is 5.69 Å². The molecule has 0 unspecified atom stereocenters. The van der Waals surface area contributed by atoms with Gasteiger partial charge in [0.2, 0.25) is 0 Å². The van der Waals surface area contributed by atoms with Gasteiger partial charge in [-0.3, -0.25) is 4.57 Å². The second-order valence-corrected chi connectivity index (χ2v) is 4.01. The molecule has 0 bridgehead atoms. The van der Waals surface area contributed by atoms with E-state index in [1.54, 1.807) is 4.57 Å². The lowest BCUT2D eigenvalue weighted by Crippen LogP contribution is -2.16. The maximum Gasteiger partial charge on any atom is 0.343 e. The maximum atomic E-state index is 11.2. The first-order chi connectivity index (χ1) is 6.69. The van der Waals surface area contributed by atoms with Gasteiger partial charge < -0.3 is 0 Å². The van der Waals surface area contributed by atoms with Crippen LogP contribution in [0, 0.1) is 0 Å². The van der Waals surface area contributed by atoms with E-state index in [1.165, 1.54) is 11.8 Å². The fourth-order valence-electron chi connectivity index (χ4n) is 0.905. The molecule has 0 aliphatic carbocycles. The van der Waals surface area contributed by atoms with E-state index in [0.29, 0.717) is 17.5 Å². The van der Waals surface area contributed by atoms with Crippen LogP contribution in [-0.2, 0) is 6.54 Å². The summed E-state index contributed by atoms with van der Waals surface area (Å²) < 4.78 is 1.59. The van der Waals surface area contributed by atoms with Gasteiger partial charge in [0.25, 0.3) is 0 Å². The Morgan fingerprint density at radius 1 is 1.79 bits per heavy atom. The molecular weight excluding hydrogens is 218 g/mol. The van der Waals surface area contributed by atoms with Gasteiger partial charge in [0, 0.05) is 18.1 Å². The van der Waals surface area contributed by atoms with Gasteiger partial charge >= 0.3 is 5.69 Å². The molecule has 1 aromatic heterocycles. The van der Waals surface area contributed by atoms with Crippen LogP contribution in [0.5, 0.6) is 0 Å². The Balaban J connectivity index is 2.67. The highest BCUT2D eigenvalue weighted by Gasteiger charge is 2.06. The van der Waals surface area contributed by atoms with Crippen molar-refractivity contribution in [2.24, 2.45) is 0 Å². The monoisotopic (exact) mass is 231 g/mol. The first-order valence-electron chi connectivity index (χ1n) is 4.24. The number of hydrogen-bond donors (Lipinski definition) is 2. The second-order valence-electron chi connectivity index (χ2n) is 2.75. The Morgan fingerprint density at radius 2 is 2.50 bits per heavy atom. The molecule has 78 valence electrons. The standard InChI is InChI=1S/C8H13N3OS2/c1-3-11-7(12)9-10-8(11)14-5-6(2)4-13/h13H,2-5H2,1H3,(H,9,12). The molecule has 4 nitrogen and oxygen atoms in total. The first-order valence-corrected chi connectivity index (χ1v) is 5.86.